The molecule has 3 nitrogen and oxygen atoms in total. The number of nitrogens with one attached hydrogen (secondary N) is 1. The molecule has 3 rings (SSSR count). The maximum Gasteiger partial charge on any atom is 0.181 e. The average molecular weight is 233 g/mol. The van der Waals surface area contributed by atoms with E-state index < -0.39 is 0 Å². The van der Waals surface area contributed by atoms with Gasteiger partial charge in [-0.3, -0.25) is 0 Å². The lowest BCUT2D eigenvalue weighted by molar-refractivity contribution is 0.412. The molecule has 3 N–H and O–H groups in total. The molecule has 1 aliphatic heterocycles. The van der Waals surface area contributed by atoms with Gasteiger partial charge in [0.15, 0.2) is 5.13 Å². The number of anilines is 1. The second-order valence-electron chi connectivity index (χ2n) is 4.28. The van der Waals surface area contributed by atoms with Crippen LogP contribution in [0.15, 0.2) is 18.2 Å². The zero-order valence-electron chi connectivity index (χ0n) is 9.07. The molecule has 1 aliphatic rings. The predicted octanol–water partition coefficient (Wildman–Crippen LogP) is 2.69. The highest BCUT2D eigenvalue weighted by atomic mass is 32.1. The summed E-state index contributed by atoms with van der Waals surface area (Å²) in [6, 6.07) is 6.99. The molecular formula is C12H15N3S. The summed E-state index contributed by atoms with van der Waals surface area (Å²) in [6.07, 6.45) is 3.85. The Morgan fingerprint density at radius 3 is 3.12 bits per heavy atom. The predicted molar refractivity (Wildman–Crippen MR) is 68.6 cm³/mol. The number of hydrogen-bond donors (Lipinski definition) is 2. The Balaban J connectivity index is 1.97. The lowest BCUT2D eigenvalue weighted by Gasteiger charge is -2.23. The van der Waals surface area contributed by atoms with Crippen molar-refractivity contribution in [2.75, 3.05) is 12.3 Å². The number of nitrogens with zero attached hydrogens (tertiary/aromatic N) is 1. The third-order valence-corrected chi connectivity index (χ3v) is 3.99. The van der Waals surface area contributed by atoms with E-state index in [9.17, 15) is 0 Å². The summed E-state index contributed by atoms with van der Waals surface area (Å²) in [6.45, 7) is 1.13. The Bertz CT molecular complexity index is 500. The van der Waals surface area contributed by atoms with E-state index in [2.05, 4.69) is 28.5 Å². The molecule has 1 saturated heterocycles. The van der Waals surface area contributed by atoms with Crippen LogP contribution in [0.2, 0.25) is 0 Å². The fourth-order valence-corrected chi connectivity index (χ4v) is 3.09. The molecule has 0 aliphatic carbocycles. The molecule has 1 unspecified atom stereocenters. The minimum atomic E-state index is 0.515. The van der Waals surface area contributed by atoms with Crippen LogP contribution in [0.5, 0.6) is 0 Å². The van der Waals surface area contributed by atoms with E-state index in [0.717, 1.165) is 12.1 Å². The van der Waals surface area contributed by atoms with Crippen molar-refractivity contribution in [2.45, 2.75) is 25.3 Å². The van der Waals surface area contributed by atoms with Gasteiger partial charge in [-0.1, -0.05) is 23.8 Å². The fraction of sp³-hybridized carbons (Fsp3) is 0.417. The van der Waals surface area contributed by atoms with Gasteiger partial charge in [-0.25, -0.2) is 4.98 Å². The summed E-state index contributed by atoms with van der Waals surface area (Å²) in [7, 11) is 0. The van der Waals surface area contributed by atoms with Crippen LogP contribution in [0.25, 0.3) is 10.2 Å². The molecule has 0 amide bonds. The van der Waals surface area contributed by atoms with Crippen molar-refractivity contribution < 1.29 is 0 Å². The molecule has 1 aromatic carbocycles. The summed E-state index contributed by atoms with van der Waals surface area (Å²) >= 11 is 1.57. The van der Waals surface area contributed by atoms with Gasteiger partial charge in [0.2, 0.25) is 0 Å². The van der Waals surface area contributed by atoms with Crippen molar-refractivity contribution in [1.82, 2.24) is 10.3 Å². The molecule has 0 spiro atoms. The monoisotopic (exact) mass is 233 g/mol. The average Bonchev–Trinajstić information content (AvgIpc) is 2.69. The summed E-state index contributed by atoms with van der Waals surface area (Å²) in [5.74, 6) is 0. The first-order chi connectivity index (χ1) is 7.83. The summed E-state index contributed by atoms with van der Waals surface area (Å²) < 4.78 is 1.20. The molecule has 1 fully saturated rings. The molecule has 16 heavy (non-hydrogen) atoms. The highest BCUT2D eigenvalue weighted by Crippen LogP contribution is 2.29. The summed E-state index contributed by atoms with van der Waals surface area (Å²) in [5.41, 5.74) is 8.10. The van der Waals surface area contributed by atoms with E-state index in [-0.39, 0.29) is 0 Å². The second kappa shape index (κ2) is 4.03. The number of nitrogens with two attached hydrogens (primary N) is 1. The zero-order valence-corrected chi connectivity index (χ0v) is 9.89. The second-order valence-corrected chi connectivity index (χ2v) is 5.34. The standard InChI is InChI=1S/C12H15N3S/c13-12-15-10-5-4-8(7-11(10)16-12)9-3-1-2-6-14-9/h4-5,7,9,14H,1-3,6H2,(H2,13,15). The smallest absolute Gasteiger partial charge is 0.181 e. The van der Waals surface area contributed by atoms with Crippen molar-refractivity contribution in [3.63, 3.8) is 0 Å². The van der Waals surface area contributed by atoms with Gasteiger partial charge >= 0.3 is 0 Å². The number of thiazole rings is 1. The quantitative estimate of drug-likeness (QED) is 0.796. The number of fused-ring (bicyclic) bond motifs is 1. The minimum Gasteiger partial charge on any atom is -0.375 e. The van der Waals surface area contributed by atoms with Crippen LogP contribution in [0.1, 0.15) is 30.9 Å². The van der Waals surface area contributed by atoms with Crippen molar-refractivity contribution in [3.05, 3.63) is 23.8 Å². The lowest BCUT2D eigenvalue weighted by atomic mass is 9.97. The van der Waals surface area contributed by atoms with Crippen LogP contribution in [0.3, 0.4) is 0 Å². The summed E-state index contributed by atoms with van der Waals surface area (Å²) in [4.78, 5) is 4.28. The largest absolute Gasteiger partial charge is 0.375 e. The molecule has 2 heterocycles. The van der Waals surface area contributed by atoms with Gasteiger partial charge in [-0.05, 0) is 37.1 Å². The topological polar surface area (TPSA) is 50.9 Å². The maximum atomic E-state index is 5.71. The van der Waals surface area contributed by atoms with Gasteiger partial charge in [0.25, 0.3) is 0 Å². The maximum absolute atomic E-state index is 5.71. The first-order valence-electron chi connectivity index (χ1n) is 5.72. The van der Waals surface area contributed by atoms with Crippen LogP contribution in [-0.2, 0) is 0 Å². The normalized spacial score (nSPS) is 21.4. The Hall–Kier alpha value is -1.13. The SMILES string of the molecule is Nc1nc2ccc(C3CCCCN3)cc2s1. The van der Waals surface area contributed by atoms with Crippen LogP contribution in [0, 0.1) is 0 Å². The van der Waals surface area contributed by atoms with Crippen LogP contribution in [0.4, 0.5) is 5.13 Å². The first-order valence-corrected chi connectivity index (χ1v) is 6.54. The van der Waals surface area contributed by atoms with Crippen LogP contribution < -0.4 is 11.1 Å². The number of nitrogen functional groups attached to an aromatic ring is 1. The van der Waals surface area contributed by atoms with Crippen LogP contribution >= 0.6 is 11.3 Å². The van der Waals surface area contributed by atoms with Gasteiger partial charge in [0.1, 0.15) is 0 Å². The van der Waals surface area contributed by atoms with Crippen LogP contribution in [-0.4, -0.2) is 11.5 Å². The van der Waals surface area contributed by atoms with Gasteiger partial charge in [0.05, 0.1) is 10.2 Å². The minimum absolute atomic E-state index is 0.515. The number of benzene rings is 1. The molecule has 4 heteroatoms. The van der Waals surface area contributed by atoms with E-state index in [4.69, 9.17) is 5.73 Å². The first kappa shape index (κ1) is 10.1. The highest BCUT2D eigenvalue weighted by Gasteiger charge is 2.15. The molecule has 2 aromatic rings. The Kier molecular flexibility index (Phi) is 2.53. The van der Waals surface area contributed by atoms with Gasteiger partial charge in [-0.2, -0.15) is 0 Å². The number of aromatic nitrogens is 1. The molecule has 0 saturated carbocycles. The molecule has 0 radical (unpaired) electrons. The van der Waals surface area contributed by atoms with Crippen molar-refractivity contribution in [3.8, 4) is 0 Å². The third-order valence-electron chi connectivity index (χ3n) is 3.14. The van der Waals surface area contributed by atoms with E-state index in [1.54, 1.807) is 11.3 Å². The van der Waals surface area contributed by atoms with Gasteiger partial charge in [-0.15, -0.1) is 0 Å². The van der Waals surface area contributed by atoms with Crippen molar-refractivity contribution >= 4 is 26.7 Å². The van der Waals surface area contributed by atoms with E-state index in [0.29, 0.717) is 11.2 Å². The van der Waals surface area contributed by atoms with E-state index in [1.165, 1.54) is 29.5 Å². The Morgan fingerprint density at radius 1 is 1.38 bits per heavy atom. The number of hydrogen-bond acceptors (Lipinski definition) is 4. The van der Waals surface area contributed by atoms with Crippen molar-refractivity contribution in [1.29, 1.82) is 0 Å². The van der Waals surface area contributed by atoms with E-state index in [1.807, 2.05) is 0 Å². The lowest BCUT2D eigenvalue weighted by Crippen LogP contribution is -2.26. The molecule has 1 atom stereocenters. The van der Waals surface area contributed by atoms with Gasteiger partial charge in [0, 0.05) is 6.04 Å². The van der Waals surface area contributed by atoms with E-state index >= 15 is 0 Å². The third kappa shape index (κ3) is 1.79. The molecule has 84 valence electrons. The highest BCUT2D eigenvalue weighted by molar-refractivity contribution is 7.22. The van der Waals surface area contributed by atoms with Gasteiger partial charge < -0.3 is 11.1 Å². The Labute approximate surface area is 98.7 Å². The fourth-order valence-electron chi connectivity index (χ4n) is 2.31. The molecule has 0 bridgehead atoms. The Morgan fingerprint density at radius 2 is 2.31 bits per heavy atom. The number of rotatable bonds is 1. The zero-order chi connectivity index (χ0) is 11.0. The summed E-state index contributed by atoms with van der Waals surface area (Å²) in [5, 5.41) is 4.22. The van der Waals surface area contributed by atoms with Crippen molar-refractivity contribution in [2.24, 2.45) is 0 Å². The number of piperidine rings is 1. The molecular weight excluding hydrogens is 218 g/mol. The molecule has 1 aromatic heterocycles.